The van der Waals surface area contributed by atoms with Crippen molar-refractivity contribution in [2.24, 2.45) is 0 Å². The Morgan fingerprint density at radius 3 is 2.43 bits per heavy atom. The van der Waals surface area contributed by atoms with E-state index in [2.05, 4.69) is 11.1 Å². The van der Waals surface area contributed by atoms with Crippen LogP contribution in [0.25, 0.3) is 22.3 Å². The Hall–Kier alpha value is -2.97. The summed E-state index contributed by atoms with van der Waals surface area (Å²) in [6.45, 7) is 1.64. The summed E-state index contributed by atoms with van der Waals surface area (Å²) in [6.07, 6.45) is -0.582. The molecule has 2 aliphatic carbocycles. The zero-order chi connectivity index (χ0) is 25.2. The molecule has 0 spiro atoms. The molecule has 2 fully saturated rings. The number of aryl methyl sites for hydroxylation is 1. The van der Waals surface area contributed by atoms with Gasteiger partial charge in [-0.15, -0.1) is 0 Å². The smallest absolute Gasteiger partial charge is 0.335 e. The number of aromatic nitrogens is 2. The van der Waals surface area contributed by atoms with Gasteiger partial charge in [0.2, 0.25) is 10.0 Å². The molecule has 184 valence electrons. The van der Waals surface area contributed by atoms with E-state index in [-0.39, 0.29) is 24.4 Å². The highest BCUT2D eigenvalue weighted by atomic mass is 32.2. The summed E-state index contributed by atoms with van der Waals surface area (Å²) in [5.41, 5.74) is -0.340. The van der Waals surface area contributed by atoms with Crippen LogP contribution in [0.15, 0.2) is 35.4 Å². The van der Waals surface area contributed by atoms with Crippen molar-refractivity contribution in [3.63, 3.8) is 0 Å². The third kappa shape index (κ3) is 3.89. The van der Waals surface area contributed by atoms with Gasteiger partial charge in [-0.05, 0) is 62.4 Å². The zero-order valence-corrected chi connectivity index (χ0v) is 19.6. The number of nitriles is 1. The summed E-state index contributed by atoms with van der Waals surface area (Å²) in [5, 5.41) is 10.4. The number of benzene rings is 1. The summed E-state index contributed by atoms with van der Waals surface area (Å²) in [7, 11) is -4.47. The zero-order valence-electron chi connectivity index (χ0n) is 18.8. The average molecular weight is 507 g/mol. The fraction of sp³-hybridized carbons (Fsp3) is 0.417. The number of rotatable bonds is 5. The Kier molecular flexibility index (Phi) is 5.45. The number of fused-ring (bicyclic) bond motifs is 1. The molecule has 11 heteroatoms. The van der Waals surface area contributed by atoms with Crippen molar-refractivity contribution in [3.05, 3.63) is 47.4 Å². The van der Waals surface area contributed by atoms with Gasteiger partial charge in [-0.2, -0.15) is 23.2 Å². The van der Waals surface area contributed by atoms with Crippen molar-refractivity contribution in [1.82, 2.24) is 14.3 Å². The highest BCUT2D eigenvalue weighted by Crippen LogP contribution is 2.50. The van der Waals surface area contributed by atoms with Crippen LogP contribution in [0, 0.1) is 24.1 Å². The van der Waals surface area contributed by atoms with E-state index >= 15 is 0 Å². The van der Waals surface area contributed by atoms with Crippen LogP contribution in [0.1, 0.15) is 55.7 Å². The first-order chi connectivity index (χ1) is 16.5. The third-order valence-corrected chi connectivity index (χ3v) is 8.52. The molecule has 0 saturated heterocycles. The van der Waals surface area contributed by atoms with Gasteiger partial charge in [-0.1, -0.05) is 12.8 Å². The molecule has 1 aromatic carbocycles. The molecule has 35 heavy (non-hydrogen) atoms. The maximum atomic E-state index is 14.4. The molecule has 0 unspecified atom stereocenters. The van der Waals surface area contributed by atoms with Crippen molar-refractivity contribution in [3.8, 4) is 17.5 Å². The highest BCUT2D eigenvalue weighted by Gasteiger charge is 2.65. The van der Waals surface area contributed by atoms with Crippen LogP contribution in [0.3, 0.4) is 0 Å². The summed E-state index contributed by atoms with van der Waals surface area (Å²) < 4.78 is 83.2. The van der Waals surface area contributed by atoms with E-state index in [1.54, 1.807) is 17.7 Å². The first-order valence-electron chi connectivity index (χ1n) is 11.3. The van der Waals surface area contributed by atoms with Crippen LogP contribution in [0.4, 0.5) is 17.6 Å². The molecule has 2 aromatic heterocycles. The molecule has 0 atom stereocenters. The molecule has 2 aliphatic rings. The van der Waals surface area contributed by atoms with E-state index in [0.29, 0.717) is 27.9 Å². The fourth-order valence-electron chi connectivity index (χ4n) is 4.90. The lowest BCUT2D eigenvalue weighted by atomic mass is 10.1. The van der Waals surface area contributed by atoms with E-state index in [1.165, 1.54) is 18.2 Å². The minimum atomic E-state index is -4.69. The predicted octanol–water partition coefficient (Wildman–Crippen LogP) is 5.51. The van der Waals surface area contributed by atoms with Gasteiger partial charge < -0.3 is 4.57 Å². The molecule has 1 N–H and O–H groups in total. The van der Waals surface area contributed by atoms with Crippen molar-refractivity contribution in [2.75, 3.05) is 0 Å². The Morgan fingerprint density at radius 1 is 1.20 bits per heavy atom. The molecule has 5 rings (SSSR count). The molecule has 6 nitrogen and oxygen atoms in total. The molecule has 0 bridgehead atoms. The number of halogens is 4. The molecule has 0 amide bonds. The van der Waals surface area contributed by atoms with E-state index in [9.17, 15) is 31.2 Å². The quantitative estimate of drug-likeness (QED) is 0.462. The Bertz CT molecular complexity index is 1460. The van der Waals surface area contributed by atoms with Crippen molar-refractivity contribution < 1.29 is 26.0 Å². The number of hydrogen-bond acceptors (Lipinski definition) is 4. The number of nitrogens with one attached hydrogen (secondary N) is 1. The maximum Gasteiger partial charge on any atom is 0.407 e. The normalized spacial score (nSPS) is 18.2. The van der Waals surface area contributed by atoms with Crippen LogP contribution in [0.2, 0.25) is 0 Å². The standard InChI is InChI=1S/C24H22F4N4O2S/c1-14-10-21-17(11-19(14)25)18(12-29)22(32(21)15-4-2-3-5-15)20-7-6-16(13-30-20)35(33,34)31-23(8-9-23)24(26,27)28/h6-7,10-11,13,15,31H,2-5,8-9H2,1H3. The summed E-state index contributed by atoms with van der Waals surface area (Å²) in [6, 6.07) is 7.79. The van der Waals surface area contributed by atoms with Crippen LogP contribution in [-0.4, -0.2) is 29.7 Å². The minimum absolute atomic E-state index is 0.0628. The molecular weight excluding hydrogens is 484 g/mol. The second kappa shape index (κ2) is 8.03. The number of alkyl halides is 3. The SMILES string of the molecule is Cc1cc2c(cc1F)c(C#N)c(-c1ccc(S(=O)(=O)NC3(C(F)(F)F)CC3)cn1)n2C1CCCC1. The fourth-order valence-corrected chi connectivity index (χ4v) is 6.30. The summed E-state index contributed by atoms with van der Waals surface area (Å²) >= 11 is 0. The van der Waals surface area contributed by atoms with Gasteiger partial charge in [0.05, 0.1) is 22.5 Å². The first-order valence-corrected chi connectivity index (χ1v) is 12.8. The number of pyridine rings is 1. The van der Waals surface area contributed by atoms with Crippen molar-refractivity contribution >= 4 is 20.9 Å². The maximum absolute atomic E-state index is 14.4. The van der Waals surface area contributed by atoms with Crippen LogP contribution < -0.4 is 4.72 Å². The van der Waals surface area contributed by atoms with Crippen molar-refractivity contribution in [1.29, 1.82) is 5.26 Å². The molecule has 2 heterocycles. The lowest BCUT2D eigenvalue weighted by Crippen LogP contribution is -2.47. The Labute approximate surface area is 199 Å². The van der Waals surface area contributed by atoms with E-state index in [4.69, 9.17) is 0 Å². The third-order valence-electron chi connectivity index (χ3n) is 7.00. The van der Waals surface area contributed by atoms with E-state index < -0.39 is 32.5 Å². The predicted molar refractivity (Wildman–Crippen MR) is 120 cm³/mol. The monoisotopic (exact) mass is 506 g/mol. The van der Waals surface area contributed by atoms with Crippen LogP contribution in [-0.2, 0) is 10.0 Å². The first kappa shape index (κ1) is 23.8. The molecule has 0 radical (unpaired) electrons. The Morgan fingerprint density at radius 2 is 1.89 bits per heavy atom. The second-order valence-electron chi connectivity index (χ2n) is 9.33. The van der Waals surface area contributed by atoms with Crippen molar-refractivity contribution in [2.45, 2.75) is 68.1 Å². The van der Waals surface area contributed by atoms with Gasteiger partial charge >= 0.3 is 6.18 Å². The van der Waals surface area contributed by atoms with E-state index in [0.717, 1.165) is 31.9 Å². The average Bonchev–Trinajstić information content (AvgIpc) is 3.26. The second-order valence-corrected chi connectivity index (χ2v) is 11.0. The Balaban J connectivity index is 1.61. The lowest BCUT2D eigenvalue weighted by molar-refractivity contribution is -0.160. The topological polar surface area (TPSA) is 87.8 Å². The number of hydrogen-bond donors (Lipinski definition) is 1. The number of nitrogens with zero attached hydrogens (tertiary/aromatic N) is 3. The van der Waals surface area contributed by atoms with Crippen LogP contribution >= 0.6 is 0 Å². The van der Waals surface area contributed by atoms with Gasteiger partial charge in [0.1, 0.15) is 22.3 Å². The molecule has 3 aromatic rings. The van der Waals surface area contributed by atoms with Gasteiger partial charge in [0.15, 0.2) is 0 Å². The van der Waals surface area contributed by atoms with E-state index in [1.807, 2.05) is 4.57 Å². The van der Waals surface area contributed by atoms with Gasteiger partial charge in [0.25, 0.3) is 0 Å². The lowest BCUT2D eigenvalue weighted by Gasteiger charge is -2.21. The van der Waals surface area contributed by atoms with Gasteiger partial charge in [-0.3, -0.25) is 4.98 Å². The summed E-state index contributed by atoms with van der Waals surface area (Å²) in [4.78, 5) is 3.84. The number of sulfonamides is 1. The van der Waals surface area contributed by atoms with Gasteiger partial charge in [-0.25, -0.2) is 12.8 Å². The largest absolute Gasteiger partial charge is 0.407 e. The summed E-state index contributed by atoms with van der Waals surface area (Å²) in [5.74, 6) is -0.441. The minimum Gasteiger partial charge on any atom is -0.335 e. The van der Waals surface area contributed by atoms with Crippen LogP contribution in [0.5, 0.6) is 0 Å². The molecular formula is C24H22F4N4O2S. The highest BCUT2D eigenvalue weighted by molar-refractivity contribution is 7.89. The van der Waals surface area contributed by atoms with Gasteiger partial charge in [0, 0.05) is 17.6 Å². The molecule has 2 saturated carbocycles. The molecule has 0 aliphatic heterocycles.